The van der Waals surface area contributed by atoms with Gasteiger partial charge in [0.15, 0.2) is 0 Å². The highest BCUT2D eigenvalue weighted by Gasteiger charge is 2.32. The second kappa shape index (κ2) is 7.21. The van der Waals surface area contributed by atoms with Crippen LogP contribution in [0.5, 0.6) is 0 Å². The van der Waals surface area contributed by atoms with Crippen LogP contribution in [0, 0.1) is 13.8 Å². The molecule has 112 valence electrons. The lowest BCUT2D eigenvalue weighted by atomic mass is 9.92. The molecule has 1 fully saturated rings. The van der Waals surface area contributed by atoms with E-state index in [4.69, 9.17) is 4.74 Å². The van der Waals surface area contributed by atoms with Crippen LogP contribution >= 0.6 is 0 Å². The van der Waals surface area contributed by atoms with Crippen molar-refractivity contribution in [2.45, 2.75) is 39.3 Å². The Bertz CT molecular complexity index is 433. The van der Waals surface area contributed by atoms with E-state index in [2.05, 4.69) is 56.2 Å². The molecule has 2 unspecified atom stereocenters. The monoisotopic (exact) mass is 276 g/mol. The largest absolute Gasteiger partial charge is 0.374 e. The number of ether oxygens (including phenoxy) is 1. The third-order valence-electron chi connectivity index (χ3n) is 4.34. The molecule has 1 aromatic rings. The van der Waals surface area contributed by atoms with Crippen LogP contribution in [0.25, 0.3) is 0 Å². The van der Waals surface area contributed by atoms with Crippen LogP contribution in [0.4, 0.5) is 0 Å². The van der Waals surface area contributed by atoms with Gasteiger partial charge in [0.25, 0.3) is 0 Å². The molecular weight excluding hydrogens is 248 g/mol. The maximum Gasteiger partial charge on any atom is 0.0896 e. The zero-order valence-electron chi connectivity index (χ0n) is 13.3. The highest BCUT2D eigenvalue weighted by atomic mass is 16.5. The number of morpholine rings is 1. The van der Waals surface area contributed by atoms with Gasteiger partial charge in [-0.25, -0.2) is 0 Å². The molecule has 0 bridgehead atoms. The second-order valence-electron chi connectivity index (χ2n) is 5.83. The van der Waals surface area contributed by atoms with Crippen LogP contribution in [-0.2, 0) is 4.74 Å². The van der Waals surface area contributed by atoms with E-state index in [0.717, 1.165) is 32.7 Å². The summed E-state index contributed by atoms with van der Waals surface area (Å²) in [6, 6.07) is 6.96. The molecule has 1 aliphatic heterocycles. The van der Waals surface area contributed by atoms with Gasteiger partial charge in [-0.15, -0.1) is 0 Å². The fourth-order valence-corrected chi connectivity index (χ4v) is 2.99. The van der Waals surface area contributed by atoms with E-state index in [0.29, 0.717) is 6.04 Å². The van der Waals surface area contributed by atoms with Crippen molar-refractivity contribution in [3.05, 3.63) is 34.9 Å². The molecule has 1 saturated heterocycles. The topological polar surface area (TPSA) is 24.5 Å². The van der Waals surface area contributed by atoms with E-state index in [9.17, 15) is 0 Å². The Morgan fingerprint density at radius 3 is 2.90 bits per heavy atom. The molecule has 2 rings (SSSR count). The minimum absolute atomic E-state index is 0.237. The molecule has 20 heavy (non-hydrogen) atoms. The van der Waals surface area contributed by atoms with E-state index in [-0.39, 0.29) is 6.10 Å². The SMILES string of the molecule is CCCNCC1OCCN(C)C1c1cccc(C)c1C. The average molecular weight is 276 g/mol. The van der Waals surface area contributed by atoms with Crippen LogP contribution in [0.2, 0.25) is 0 Å². The van der Waals surface area contributed by atoms with Gasteiger partial charge in [-0.3, -0.25) is 4.90 Å². The summed E-state index contributed by atoms with van der Waals surface area (Å²) in [7, 11) is 2.21. The summed E-state index contributed by atoms with van der Waals surface area (Å²) in [5, 5.41) is 3.51. The first-order chi connectivity index (χ1) is 9.65. The minimum atomic E-state index is 0.237. The summed E-state index contributed by atoms with van der Waals surface area (Å²) in [5.74, 6) is 0. The van der Waals surface area contributed by atoms with Crippen LogP contribution in [-0.4, -0.2) is 44.3 Å². The summed E-state index contributed by atoms with van der Waals surface area (Å²) in [6.07, 6.45) is 1.40. The maximum atomic E-state index is 6.05. The van der Waals surface area contributed by atoms with Crippen molar-refractivity contribution in [3.8, 4) is 0 Å². The number of likely N-dealkylation sites (N-methyl/N-ethyl adjacent to an activating group) is 1. The van der Waals surface area contributed by atoms with Gasteiger partial charge in [0.2, 0.25) is 0 Å². The van der Waals surface area contributed by atoms with Crippen molar-refractivity contribution in [1.29, 1.82) is 0 Å². The minimum Gasteiger partial charge on any atom is -0.374 e. The van der Waals surface area contributed by atoms with Gasteiger partial charge in [-0.1, -0.05) is 25.1 Å². The summed E-state index contributed by atoms with van der Waals surface area (Å²) >= 11 is 0. The Balaban J connectivity index is 2.20. The molecule has 1 aromatic carbocycles. The van der Waals surface area contributed by atoms with Gasteiger partial charge in [0.05, 0.1) is 18.8 Å². The van der Waals surface area contributed by atoms with Crippen molar-refractivity contribution in [1.82, 2.24) is 10.2 Å². The Kier molecular flexibility index (Phi) is 5.58. The molecule has 3 heteroatoms. The molecule has 1 aliphatic rings. The Morgan fingerprint density at radius 1 is 1.35 bits per heavy atom. The van der Waals surface area contributed by atoms with E-state index in [1.807, 2.05) is 0 Å². The van der Waals surface area contributed by atoms with Gasteiger partial charge in [0.1, 0.15) is 0 Å². The van der Waals surface area contributed by atoms with Crippen LogP contribution < -0.4 is 5.32 Å². The Morgan fingerprint density at radius 2 is 2.15 bits per heavy atom. The molecule has 0 amide bonds. The van der Waals surface area contributed by atoms with Crippen molar-refractivity contribution >= 4 is 0 Å². The lowest BCUT2D eigenvalue weighted by molar-refractivity contribution is -0.0614. The predicted molar refractivity (Wildman–Crippen MR) is 84.2 cm³/mol. The fraction of sp³-hybridized carbons (Fsp3) is 0.647. The van der Waals surface area contributed by atoms with Crippen molar-refractivity contribution < 1.29 is 4.74 Å². The summed E-state index contributed by atoms with van der Waals surface area (Å²) in [4.78, 5) is 2.43. The number of hydrogen-bond acceptors (Lipinski definition) is 3. The van der Waals surface area contributed by atoms with E-state index in [1.54, 1.807) is 0 Å². The molecule has 0 radical (unpaired) electrons. The van der Waals surface area contributed by atoms with E-state index in [1.165, 1.54) is 16.7 Å². The van der Waals surface area contributed by atoms with E-state index < -0.39 is 0 Å². The number of benzene rings is 1. The average Bonchev–Trinajstić information content (AvgIpc) is 2.43. The molecule has 0 spiro atoms. The molecule has 2 atom stereocenters. The molecular formula is C17H28N2O. The smallest absolute Gasteiger partial charge is 0.0896 e. The zero-order chi connectivity index (χ0) is 14.5. The first-order valence-corrected chi connectivity index (χ1v) is 7.73. The highest BCUT2D eigenvalue weighted by Crippen LogP contribution is 2.31. The maximum absolute atomic E-state index is 6.05. The van der Waals surface area contributed by atoms with Crippen LogP contribution in [0.15, 0.2) is 18.2 Å². The zero-order valence-corrected chi connectivity index (χ0v) is 13.3. The van der Waals surface area contributed by atoms with Gasteiger partial charge < -0.3 is 10.1 Å². The van der Waals surface area contributed by atoms with Gasteiger partial charge in [-0.2, -0.15) is 0 Å². The molecule has 1 N–H and O–H groups in total. The van der Waals surface area contributed by atoms with Crippen molar-refractivity contribution in [2.75, 3.05) is 33.3 Å². The van der Waals surface area contributed by atoms with Gasteiger partial charge in [-0.05, 0) is 50.6 Å². The van der Waals surface area contributed by atoms with E-state index >= 15 is 0 Å². The highest BCUT2D eigenvalue weighted by molar-refractivity contribution is 5.36. The van der Waals surface area contributed by atoms with Gasteiger partial charge >= 0.3 is 0 Å². The number of aryl methyl sites for hydroxylation is 1. The summed E-state index contributed by atoms with van der Waals surface area (Å²) < 4.78 is 6.05. The number of nitrogens with zero attached hydrogens (tertiary/aromatic N) is 1. The lowest BCUT2D eigenvalue weighted by Gasteiger charge is -2.40. The third-order valence-corrected chi connectivity index (χ3v) is 4.34. The second-order valence-corrected chi connectivity index (χ2v) is 5.83. The normalized spacial score (nSPS) is 24.0. The Hall–Kier alpha value is -0.900. The fourth-order valence-electron chi connectivity index (χ4n) is 2.99. The number of hydrogen-bond donors (Lipinski definition) is 1. The lowest BCUT2D eigenvalue weighted by Crippen LogP contribution is -2.47. The standard InChI is InChI=1S/C17H28N2O/c1-5-9-18-12-16-17(19(4)10-11-20-16)15-8-6-7-13(2)14(15)3/h6-8,16-18H,5,9-12H2,1-4H3. The molecule has 0 aromatic heterocycles. The molecule has 1 heterocycles. The number of nitrogens with one attached hydrogen (secondary N) is 1. The number of rotatable bonds is 5. The molecule has 0 aliphatic carbocycles. The summed E-state index contributed by atoms with van der Waals surface area (Å²) in [6.45, 7) is 10.4. The van der Waals surface area contributed by atoms with Crippen LogP contribution in [0.1, 0.15) is 36.1 Å². The molecule has 0 saturated carbocycles. The first kappa shape index (κ1) is 15.5. The quantitative estimate of drug-likeness (QED) is 0.837. The predicted octanol–water partition coefficient (Wildman–Crippen LogP) is 2.67. The van der Waals surface area contributed by atoms with Crippen molar-refractivity contribution in [2.24, 2.45) is 0 Å². The third kappa shape index (κ3) is 3.40. The molecule has 3 nitrogen and oxygen atoms in total. The summed E-state index contributed by atoms with van der Waals surface area (Å²) in [5.41, 5.74) is 4.17. The van der Waals surface area contributed by atoms with Crippen molar-refractivity contribution in [3.63, 3.8) is 0 Å². The van der Waals surface area contributed by atoms with Crippen LogP contribution in [0.3, 0.4) is 0 Å². The first-order valence-electron chi connectivity index (χ1n) is 7.73. The van der Waals surface area contributed by atoms with Gasteiger partial charge in [0, 0.05) is 13.1 Å². The Labute approximate surface area is 123 Å².